The van der Waals surface area contributed by atoms with E-state index in [1.165, 1.54) is 18.2 Å². The number of carbonyl (C=O) groups excluding carboxylic acids is 1. The average Bonchev–Trinajstić information content (AvgIpc) is 3.33. The highest BCUT2D eigenvalue weighted by molar-refractivity contribution is 5.97. The van der Waals surface area contributed by atoms with Gasteiger partial charge in [-0.2, -0.15) is 0 Å². The second kappa shape index (κ2) is 12.1. The number of halogens is 3. The molecule has 2 aromatic carbocycles. The van der Waals surface area contributed by atoms with Crippen LogP contribution in [0.5, 0.6) is 0 Å². The van der Waals surface area contributed by atoms with Crippen LogP contribution in [0.4, 0.5) is 18.9 Å². The maximum atomic E-state index is 15.1. The number of alkyl halides is 2. The number of rotatable bonds is 10. The van der Waals surface area contributed by atoms with Gasteiger partial charge in [0.15, 0.2) is 0 Å². The van der Waals surface area contributed by atoms with Crippen LogP contribution in [-0.4, -0.2) is 23.4 Å². The van der Waals surface area contributed by atoms with Crippen molar-refractivity contribution in [2.75, 3.05) is 5.32 Å². The number of allylic oxidation sites excluding steroid dienone is 3. The zero-order chi connectivity index (χ0) is 26.4. The second-order valence-corrected chi connectivity index (χ2v) is 9.44. The highest BCUT2D eigenvalue weighted by Gasteiger charge is 2.33. The van der Waals surface area contributed by atoms with Crippen molar-refractivity contribution in [3.05, 3.63) is 82.7 Å². The van der Waals surface area contributed by atoms with Gasteiger partial charge in [-0.05, 0) is 73.4 Å². The van der Waals surface area contributed by atoms with Crippen LogP contribution in [0.2, 0.25) is 0 Å². The second-order valence-electron chi connectivity index (χ2n) is 9.44. The molecule has 0 bridgehead atoms. The van der Waals surface area contributed by atoms with Gasteiger partial charge in [-0.1, -0.05) is 49.8 Å². The van der Waals surface area contributed by atoms with E-state index in [-0.39, 0.29) is 29.4 Å². The average molecular weight is 500 g/mol. The molecule has 0 radical (unpaired) electrons. The van der Waals surface area contributed by atoms with Gasteiger partial charge in [-0.25, -0.2) is 13.2 Å². The van der Waals surface area contributed by atoms with Crippen LogP contribution in [0.25, 0.3) is 5.57 Å². The number of benzene rings is 2. The van der Waals surface area contributed by atoms with E-state index in [0.717, 1.165) is 36.8 Å². The Morgan fingerprint density at radius 1 is 1.19 bits per heavy atom. The molecule has 0 aliphatic heterocycles. The topological polar surface area (TPSA) is 66.4 Å². The maximum Gasteiger partial charge on any atom is 0.303 e. The molecule has 1 aliphatic carbocycles. The molecule has 1 aliphatic rings. The smallest absolute Gasteiger partial charge is 0.303 e. The SMILES string of the molecule is C=C(/C=C(\C)c1ccc(C(C(=O)Nc2cccc(CCC(=O)O)c2C)C2CCCC2)cc1F)C(F)F. The van der Waals surface area contributed by atoms with Crippen molar-refractivity contribution < 1.29 is 27.9 Å². The van der Waals surface area contributed by atoms with E-state index in [9.17, 15) is 18.4 Å². The van der Waals surface area contributed by atoms with Crippen LogP contribution in [0.3, 0.4) is 0 Å². The Bertz CT molecular complexity index is 1170. The number of amides is 1. The Hall–Kier alpha value is -3.35. The van der Waals surface area contributed by atoms with Gasteiger partial charge in [0.1, 0.15) is 5.82 Å². The van der Waals surface area contributed by atoms with Crippen molar-refractivity contribution in [1.82, 2.24) is 0 Å². The molecule has 1 saturated carbocycles. The summed E-state index contributed by atoms with van der Waals surface area (Å²) in [4.78, 5) is 24.5. The molecule has 3 rings (SSSR count). The molecule has 192 valence electrons. The lowest BCUT2D eigenvalue weighted by Gasteiger charge is -2.24. The third kappa shape index (κ3) is 6.65. The molecular formula is C29H32F3NO3. The van der Waals surface area contributed by atoms with Crippen molar-refractivity contribution >= 4 is 23.1 Å². The normalized spacial score (nSPS) is 15.2. The molecule has 1 fully saturated rings. The monoisotopic (exact) mass is 499 g/mol. The highest BCUT2D eigenvalue weighted by Crippen LogP contribution is 2.39. The number of aryl methyl sites for hydroxylation is 1. The fourth-order valence-electron chi connectivity index (χ4n) is 4.93. The van der Waals surface area contributed by atoms with Crippen LogP contribution in [0.15, 0.2) is 54.6 Å². The Labute approximate surface area is 209 Å². The van der Waals surface area contributed by atoms with Gasteiger partial charge in [0.05, 0.1) is 5.92 Å². The first-order valence-electron chi connectivity index (χ1n) is 12.1. The van der Waals surface area contributed by atoms with Gasteiger partial charge >= 0.3 is 5.97 Å². The minimum absolute atomic E-state index is 0.00686. The van der Waals surface area contributed by atoms with E-state index in [1.807, 2.05) is 13.0 Å². The fraction of sp³-hybridized carbons (Fsp3) is 0.379. The number of hydrogen-bond donors (Lipinski definition) is 2. The van der Waals surface area contributed by atoms with Gasteiger partial charge in [0.25, 0.3) is 6.43 Å². The van der Waals surface area contributed by atoms with E-state index in [0.29, 0.717) is 23.2 Å². The minimum Gasteiger partial charge on any atom is -0.481 e. The summed E-state index contributed by atoms with van der Waals surface area (Å²) < 4.78 is 40.8. The molecular weight excluding hydrogens is 467 g/mol. The molecule has 0 heterocycles. The lowest BCUT2D eigenvalue weighted by Crippen LogP contribution is -2.27. The van der Waals surface area contributed by atoms with Gasteiger partial charge in [0.2, 0.25) is 5.91 Å². The number of hydrogen-bond acceptors (Lipinski definition) is 2. The Morgan fingerprint density at radius 3 is 2.50 bits per heavy atom. The molecule has 2 N–H and O–H groups in total. The molecule has 4 nitrogen and oxygen atoms in total. The first-order chi connectivity index (χ1) is 17.1. The number of nitrogens with one attached hydrogen (secondary N) is 1. The number of carboxylic acid groups (broad SMARTS) is 1. The first kappa shape index (κ1) is 27.2. The highest BCUT2D eigenvalue weighted by atomic mass is 19.3. The number of anilines is 1. The molecule has 2 aromatic rings. The summed E-state index contributed by atoms with van der Waals surface area (Å²) in [5.74, 6) is -2.23. The van der Waals surface area contributed by atoms with E-state index in [4.69, 9.17) is 5.11 Å². The van der Waals surface area contributed by atoms with Crippen LogP contribution in [-0.2, 0) is 16.0 Å². The quantitative estimate of drug-likeness (QED) is 0.337. The first-order valence-corrected chi connectivity index (χ1v) is 12.1. The molecule has 0 saturated heterocycles. The van der Waals surface area contributed by atoms with Gasteiger partial charge in [-0.15, -0.1) is 0 Å². The fourth-order valence-corrected chi connectivity index (χ4v) is 4.93. The molecule has 7 heteroatoms. The summed E-state index contributed by atoms with van der Waals surface area (Å²) in [6.07, 6.45) is 2.50. The van der Waals surface area contributed by atoms with Crippen LogP contribution in [0, 0.1) is 18.7 Å². The lowest BCUT2D eigenvalue weighted by molar-refractivity contribution is -0.137. The Kier molecular flexibility index (Phi) is 9.13. The van der Waals surface area contributed by atoms with E-state index in [1.54, 1.807) is 25.1 Å². The Balaban J connectivity index is 1.89. The third-order valence-electron chi connectivity index (χ3n) is 6.93. The lowest BCUT2D eigenvalue weighted by atomic mass is 9.83. The van der Waals surface area contributed by atoms with Crippen molar-refractivity contribution in [2.24, 2.45) is 5.92 Å². The summed E-state index contributed by atoms with van der Waals surface area (Å²) in [6.45, 7) is 6.70. The predicted molar refractivity (Wildman–Crippen MR) is 136 cm³/mol. The molecule has 36 heavy (non-hydrogen) atoms. The maximum absolute atomic E-state index is 15.1. The van der Waals surface area contributed by atoms with Crippen molar-refractivity contribution in [2.45, 2.75) is 64.7 Å². The molecule has 0 aromatic heterocycles. The Morgan fingerprint density at radius 2 is 1.89 bits per heavy atom. The van der Waals surface area contributed by atoms with Crippen molar-refractivity contribution in [1.29, 1.82) is 0 Å². The summed E-state index contributed by atoms with van der Waals surface area (Å²) in [5.41, 5.74) is 2.93. The van der Waals surface area contributed by atoms with Crippen LogP contribution >= 0.6 is 0 Å². The number of aliphatic carboxylic acids is 1. The summed E-state index contributed by atoms with van der Waals surface area (Å²) in [5, 5.41) is 12.0. The van der Waals surface area contributed by atoms with Gasteiger partial charge in [0, 0.05) is 23.2 Å². The zero-order valence-corrected chi connectivity index (χ0v) is 20.6. The summed E-state index contributed by atoms with van der Waals surface area (Å²) in [6, 6.07) is 9.95. The third-order valence-corrected chi connectivity index (χ3v) is 6.93. The van der Waals surface area contributed by atoms with E-state index < -0.39 is 24.1 Å². The minimum atomic E-state index is -2.72. The van der Waals surface area contributed by atoms with Gasteiger partial charge < -0.3 is 10.4 Å². The molecule has 0 spiro atoms. The summed E-state index contributed by atoms with van der Waals surface area (Å²) >= 11 is 0. The molecule has 1 unspecified atom stereocenters. The predicted octanol–water partition coefficient (Wildman–Crippen LogP) is 7.29. The number of carboxylic acids is 1. The van der Waals surface area contributed by atoms with Gasteiger partial charge in [-0.3, -0.25) is 9.59 Å². The van der Waals surface area contributed by atoms with Crippen molar-refractivity contribution in [3.63, 3.8) is 0 Å². The molecule has 1 amide bonds. The number of carbonyl (C=O) groups is 2. The summed E-state index contributed by atoms with van der Waals surface area (Å²) in [7, 11) is 0. The van der Waals surface area contributed by atoms with Crippen LogP contribution in [0.1, 0.15) is 67.2 Å². The van der Waals surface area contributed by atoms with Crippen molar-refractivity contribution in [3.8, 4) is 0 Å². The van der Waals surface area contributed by atoms with E-state index >= 15 is 4.39 Å². The van der Waals surface area contributed by atoms with E-state index in [2.05, 4.69) is 11.9 Å². The largest absolute Gasteiger partial charge is 0.481 e. The zero-order valence-electron chi connectivity index (χ0n) is 20.6. The van der Waals surface area contributed by atoms with Crippen LogP contribution < -0.4 is 5.32 Å². The standard InChI is InChI=1S/C29H32F3NO3/c1-17(15-18(2)28(31)32)23-13-11-22(16-24(23)30)27(21-7-4-5-8-21)29(36)33-25-10-6-9-20(19(25)3)12-14-26(34)35/h6,9-11,13,15-16,21,27-28H,2,4-5,7-8,12,14H2,1,3H3,(H,33,36)(H,34,35)/b17-15+. The molecule has 1 atom stereocenters.